The van der Waals surface area contributed by atoms with Gasteiger partial charge in [0.25, 0.3) is 0 Å². The Balaban J connectivity index is 1.26. The molecule has 6 rings (SSSR count). The molecule has 1 heterocycles. The molecule has 5 aliphatic rings. The molecule has 4 aliphatic carbocycles. The Hall–Kier alpha value is -2.79. The number of alkyl carbamates (subject to hydrolysis) is 1. The highest BCUT2D eigenvalue weighted by atomic mass is 16.7. The lowest BCUT2D eigenvalue weighted by Gasteiger charge is -2.64. The van der Waals surface area contributed by atoms with Crippen LogP contribution in [0.2, 0.25) is 0 Å². The van der Waals surface area contributed by atoms with Crippen LogP contribution in [-0.2, 0) is 25.3 Å². The molecule has 0 spiro atoms. The van der Waals surface area contributed by atoms with Gasteiger partial charge in [0.2, 0.25) is 5.91 Å². The lowest BCUT2D eigenvalue weighted by Crippen LogP contribution is -2.65. The van der Waals surface area contributed by atoms with Crippen LogP contribution in [0.4, 0.5) is 4.79 Å². The molecular weight excluding hydrogens is 563 g/mol. The Morgan fingerprint density at radius 1 is 1.11 bits per heavy atom. The zero-order chi connectivity index (χ0) is 32.0. The van der Waals surface area contributed by atoms with Crippen LogP contribution in [0.15, 0.2) is 18.2 Å². The topological polar surface area (TPSA) is 132 Å². The monoisotopic (exact) mass is 612 g/mol. The average Bonchev–Trinajstić information content (AvgIpc) is 3.29. The fraction of sp³-hybridized carbons (Fsp3) is 0.727. The zero-order valence-corrected chi connectivity index (χ0v) is 27.2. The summed E-state index contributed by atoms with van der Waals surface area (Å²) in [6.07, 6.45) is 5.45. The van der Waals surface area contributed by atoms with E-state index in [9.17, 15) is 19.5 Å². The van der Waals surface area contributed by atoms with Crippen molar-refractivity contribution in [2.24, 2.45) is 23.2 Å². The van der Waals surface area contributed by atoms with Crippen molar-refractivity contribution < 1.29 is 38.3 Å². The summed E-state index contributed by atoms with van der Waals surface area (Å²) in [7, 11) is 0.788. The molecular formula is C33H49BN2O8. The molecule has 1 saturated heterocycles. The molecule has 2 bridgehead atoms. The predicted molar refractivity (Wildman–Crippen MR) is 165 cm³/mol. The van der Waals surface area contributed by atoms with Gasteiger partial charge in [-0.25, -0.2) is 9.59 Å². The van der Waals surface area contributed by atoms with Crippen molar-refractivity contribution in [3.63, 3.8) is 0 Å². The number of carbonyl (C=O) groups excluding carboxylic acids is 2. The number of hydrogen-bond acceptors (Lipinski definition) is 7. The lowest BCUT2D eigenvalue weighted by atomic mass is 9.43. The van der Waals surface area contributed by atoms with Gasteiger partial charge in [-0.3, -0.25) is 4.79 Å². The second-order valence-electron chi connectivity index (χ2n) is 15.1. The summed E-state index contributed by atoms with van der Waals surface area (Å²) in [5.41, 5.74) is -0.0730. The highest BCUT2D eigenvalue weighted by molar-refractivity contribution is 6.48. The van der Waals surface area contributed by atoms with E-state index in [1.54, 1.807) is 6.07 Å². The first-order chi connectivity index (χ1) is 20.6. The molecule has 0 aromatic heterocycles. The van der Waals surface area contributed by atoms with E-state index in [-0.39, 0.29) is 40.7 Å². The minimum absolute atomic E-state index is 0.0331. The highest BCUT2D eigenvalue weighted by Crippen LogP contribution is 2.65. The van der Waals surface area contributed by atoms with Gasteiger partial charge in [0.1, 0.15) is 16.9 Å². The molecule has 3 N–H and O–H groups in total. The summed E-state index contributed by atoms with van der Waals surface area (Å²) in [5, 5.41) is 15.9. The van der Waals surface area contributed by atoms with E-state index in [0.29, 0.717) is 30.2 Å². The van der Waals surface area contributed by atoms with Gasteiger partial charge in [0, 0.05) is 12.5 Å². The van der Waals surface area contributed by atoms with Crippen molar-refractivity contribution in [1.29, 1.82) is 0 Å². The molecule has 242 valence electrons. The van der Waals surface area contributed by atoms with Crippen molar-refractivity contribution in [2.45, 2.75) is 122 Å². The second kappa shape index (κ2) is 12.2. The van der Waals surface area contributed by atoms with E-state index in [1.807, 2.05) is 26.8 Å². The maximum Gasteiger partial charge on any atom is 0.482 e. The van der Waals surface area contributed by atoms with Crippen LogP contribution in [0.3, 0.4) is 0 Å². The average molecular weight is 613 g/mol. The number of aromatic carboxylic acids is 1. The predicted octanol–water partition coefficient (Wildman–Crippen LogP) is 5.16. The third kappa shape index (κ3) is 6.59. The minimum atomic E-state index is -1.07. The van der Waals surface area contributed by atoms with Crippen LogP contribution >= 0.6 is 0 Å². The van der Waals surface area contributed by atoms with Crippen molar-refractivity contribution in [2.75, 3.05) is 7.11 Å². The van der Waals surface area contributed by atoms with Gasteiger partial charge in [0.05, 0.1) is 24.8 Å². The summed E-state index contributed by atoms with van der Waals surface area (Å²) in [6, 6.07) is 5.07. The molecule has 10 nitrogen and oxygen atoms in total. The molecule has 1 aromatic rings. The third-order valence-corrected chi connectivity index (χ3v) is 10.7. The van der Waals surface area contributed by atoms with Crippen LogP contribution in [-0.4, -0.2) is 66.6 Å². The second-order valence-corrected chi connectivity index (χ2v) is 15.1. The molecule has 4 unspecified atom stereocenters. The van der Waals surface area contributed by atoms with Gasteiger partial charge in [-0.2, -0.15) is 0 Å². The van der Waals surface area contributed by atoms with E-state index >= 15 is 0 Å². The van der Waals surface area contributed by atoms with Crippen molar-refractivity contribution in [1.82, 2.24) is 10.6 Å². The number of methoxy groups -OCH3 is 1. The molecule has 1 aliphatic heterocycles. The maximum absolute atomic E-state index is 13.5. The van der Waals surface area contributed by atoms with E-state index in [4.69, 9.17) is 18.8 Å². The smallest absolute Gasteiger partial charge is 0.482 e. The van der Waals surface area contributed by atoms with Crippen LogP contribution in [0.25, 0.3) is 0 Å². The molecule has 44 heavy (non-hydrogen) atoms. The number of rotatable bonds is 9. The van der Waals surface area contributed by atoms with Gasteiger partial charge in [-0.1, -0.05) is 26.0 Å². The van der Waals surface area contributed by atoms with Crippen molar-refractivity contribution >= 4 is 25.1 Å². The van der Waals surface area contributed by atoms with Gasteiger partial charge < -0.3 is 34.5 Å². The minimum Gasteiger partial charge on any atom is -0.496 e. The van der Waals surface area contributed by atoms with Crippen molar-refractivity contribution in [3.8, 4) is 5.75 Å². The molecule has 5 atom stereocenters. The number of carboxylic acids is 1. The number of benzene rings is 1. The van der Waals surface area contributed by atoms with Gasteiger partial charge in [-0.05, 0) is 107 Å². The number of carbonyl (C=O) groups is 3. The number of amides is 2. The normalized spacial score (nSPS) is 31.2. The summed E-state index contributed by atoms with van der Waals surface area (Å²) in [5.74, 6) is -0.273. The number of para-hydroxylation sites is 1. The first-order valence-corrected chi connectivity index (χ1v) is 16.1. The number of nitrogens with one attached hydrogen (secondary N) is 2. The molecule has 5 fully saturated rings. The SMILES string of the molecule is COc1c(C[C@H](NC(=O)C[C@H]2CC[C@H](NC(=O)OC(C)(C)C)CC2)B2OC3CC4CC(C4(C)C)C3(C)O2)cccc1C(=O)O. The fourth-order valence-corrected chi connectivity index (χ4v) is 8.19. The molecule has 4 saturated carbocycles. The Morgan fingerprint density at radius 3 is 2.43 bits per heavy atom. The molecule has 11 heteroatoms. The first kappa shape index (κ1) is 32.6. The maximum atomic E-state index is 13.5. The fourth-order valence-electron chi connectivity index (χ4n) is 8.19. The van der Waals surface area contributed by atoms with Crippen LogP contribution < -0.4 is 15.4 Å². The quantitative estimate of drug-likeness (QED) is 0.326. The van der Waals surface area contributed by atoms with Crippen LogP contribution in [0, 0.1) is 23.2 Å². The lowest BCUT2D eigenvalue weighted by molar-refractivity contribution is -0.199. The van der Waals surface area contributed by atoms with E-state index in [1.165, 1.54) is 13.2 Å². The summed E-state index contributed by atoms with van der Waals surface area (Å²) >= 11 is 0. The Morgan fingerprint density at radius 2 is 1.82 bits per heavy atom. The summed E-state index contributed by atoms with van der Waals surface area (Å²) in [4.78, 5) is 37.6. The van der Waals surface area contributed by atoms with Gasteiger partial charge >= 0.3 is 19.2 Å². The van der Waals surface area contributed by atoms with E-state index in [0.717, 1.165) is 38.5 Å². The number of hydrogen-bond donors (Lipinski definition) is 3. The number of ether oxygens (including phenoxy) is 2. The van der Waals surface area contributed by atoms with Crippen molar-refractivity contribution in [3.05, 3.63) is 29.3 Å². The Labute approximate surface area is 261 Å². The van der Waals surface area contributed by atoms with E-state index < -0.39 is 36.3 Å². The Bertz CT molecular complexity index is 1260. The van der Waals surface area contributed by atoms with Gasteiger partial charge in [-0.15, -0.1) is 0 Å². The molecule has 2 amide bonds. The zero-order valence-electron chi connectivity index (χ0n) is 27.2. The summed E-state index contributed by atoms with van der Waals surface area (Å²) < 4.78 is 24.3. The standard InChI is InChI=1S/C33H49BN2O8/c1-31(2,3)42-30(40)35-22-13-11-19(12-14-22)15-27(37)36-26(16-20-9-8-10-23(29(38)39)28(20)41-7)34-43-25-18-21-17-24(32(21,4)5)33(25,6)44-34/h8-10,19,21-22,24-26H,11-18H2,1-7H3,(H,35,40)(H,36,37)(H,38,39)/t19-,21?,22-,24?,25?,26-,33?/m0/s1. The van der Waals surface area contributed by atoms with Gasteiger partial charge in [0.15, 0.2) is 0 Å². The summed E-state index contributed by atoms with van der Waals surface area (Å²) in [6.45, 7) is 12.3. The van der Waals surface area contributed by atoms with Crippen LogP contribution in [0.5, 0.6) is 5.75 Å². The molecule has 0 radical (unpaired) electrons. The highest BCUT2D eigenvalue weighted by Gasteiger charge is 2.68. The van der Waals surface area contributed by atoms with E-state index in [2.05, 4.69) is 31.4 Å². The third-order valence-electron chi connectivity index (χ3n) is 10.7. The number of carboxylic acid groups (broad SMARTS) is 1. The largest absolute Gasteiger partial charge is 0.496 e. The first-order valence-electron chi connectivity index (χ1n) is 16.1. The Kier molecular flexibility index (Phi) is 9.04. The molecule has 1 aromatic carbocycles. The van der Waals surface area contributed by atoms with Crippen LogP contribution in [0.1, 0.15) is 102 Å².